The zero-order chi connectivity index (χ0) is 15.2. The van der Waals surface area contributed by atoms with Gasteiger partial charge in [0.15, 0.2) is 0 Å². The smallest absolute Gasteiger partial charge is 0.303 e. The maximum absolute atomic E-state index is 12.2. The highest BCUT2D eigenvalue weighted by Gasteiger charge is 2.24. The number of rotatable bonds is 5. The highest BCUT2D eigenvalue weighted by molar-refractivity contribution is 5.77. The predicted octanol–water partition coefficient (Wildman–Crippen LogP) is 2.89. The molecule has 1 aliphatic rings. The Kier molecular flexibility index (Phi) is 5.37. The number of carboxylic acids is 1. The largest absolute Gasteiger partial charge is 0.481 e. The Hall–Kier alpha value is -1.84. The summed E-state index contributed by atoms with van der Waals surface area (Å²) in [5, 5.41) is 8.74. The van der Waals surface area contributed by atoms with Crippen molar-refractivity contribution in [2.45, 2.75) is 38.5 Å². The van der Waals surface area contributed by atoms with Crippen LogP contribution in [0, 0.1) is 5.92 Å². The minimum absolute atomic E-state index is 0.0617. The molecule has 1 amide bonds. The predicted molar refractivity (Wildman–Crippen MR) is 81.0 cm³/mol. The summed E-state index contributed by atoms with van der Waals surface area (Å²) in [4.78, 5) is 24.7. The first-order valence-corrected chi connectivity index (χ1v) is 7.60. The van der Waals surface area contributed by atoms with Crippen molar-refractivity contribution in [2.75, 3.05) is 13.1 Å². The summed E-state index contributed by atoms with van der Waals surface area (Å²) < 4.78 is 0. The van der Waals surface area contributed by atoms with Gasteiger partial charge in [0.2, 0.25) is 5.91 Å². The molecule has 1 aromatic rings. The molecule has 4 nitrogen and oxygen atoms in total. The topological polar surface area (TPSA) is 57.6 Å². The fourth-order valence-electron chi connectivity index (χ4n) is 2.98. The molecule has 1 atom stereocenters. The molecule has 21 heavy (non-hydrogen) atoms. The van der Waals surface area contributed by atoms with Crippen molar-refractivity contribution >= 4 is 11.9 Å². The molecule has 1 aliphatic heterocycles. The summed E-state index contributed by atoms with van der Waals surface area (Å²) in [5.74, 6) is -0.304. The monoisotopic (exact) mass is 289 g/mol. The molecule has 2 rings (SSSR count). The number of hydrogen-bond donors (Lipinski definition) is 1. The Balaban J connectivity index is 1.81. The molecule has 114 valence electrons. The van der Waals surface area contributed by atoms with Crippen LogP contribution in [0.1, 0.15) is 44.1 Å². The Bertz CT molecular complexity index is 478. The van der Waals surface area contributed by atoms with E-state index in [0.29, 0.717) is 12.3 Å². The van der Waals surface area contributed by atoms with Crippen LogP contribution in [-0.2, 0) is 9.59 Å². The molecule has 1 unspecified atom stereocenters. The van der Waals surface area contributed by atoms with Gasteiger partial charge in [-0.15, -0.1) is 0 Å². The van der Waals surface area contributed by atoms with Crippen LogP contribution in [0.4, 0.5) is 0 Å². The second-order valence-corrected chi connectivity index (χ2v) is 5.97. The molecule has 0 radical (unpaired) electrons. The lowest BCUT2D eigenvalue weighted by Crippen LogP contribution is -2.38. The second kappa shape index (κ2) is 7.25. The molecule has 1 aromatic carbocycles. The van der Waals surface area contributed by atoms with E-state index in [1.165, 1.54) is 5.56 Å². The minimum atomic E-state index is -0.835. The lowest BCUT2D eigenvalue weighted by molar-refractivity contribution is -0.138. The van der Waals surface area contributed by atoms with Gasteiger partial charge in [0, 0.05) is 25.9 Å². The number of aliphatic carboxylic acids is 1. The quantitative estimate of drug-likeness (QED) is 0.906. The van der Waals surface area contributed by atoms with Gasteiger partial charge in [0.1, 0.15) is 0 Å². The number of likely N-dealkylation sites (tertiary alicyclic amines) is 1. The van der Waals surface area contributed by atoms with Crippen LogP contribution in [0.5, 0.6) is 0 Å². The first-order chi connectivity index (χ1) is 10.1. The summed E-state index contributed by atoms with van der Waals surface area (Å²) >= 11 is 0. The molecule has 0 spiro atoms. The van der Waals surface area contributed by atoms with E-state index in [4.69, 9.17) is 5.11 Å². The molecule has 0 aliphatic carbocycles. The Morgan fingerprint density at radius 3 is 2.38 bits per heavy atom. The Morgan fingerprint density at radius 2 is 1.81 bits per heavy atom. The summed E-state index contributed by atoms with van der Waals surface area (Å²) in [6, 6.07) is 10.4. The van der Waals surface area contributed by atoms with Gasteiger partial charge < -0.3 is 10.0 Å². The molecule has 1 saturated heterocycles. The number of amides is 1. The molecule has 0 bridgehead atoms. The molecule has 0 saturated carbocycles. The van der Waals surface area contributed by atoms with E-state index < -0.39 is 5.97 Å². The van der Waals surface area contributed by atoms with Crippen molar-refractivity contribution in [1.82, 2.24) is 4.90 Å². The van der Waals surface area contributed by atoms with Gasteiger partial charge in [0.25, 0.3) is 0 Å². The van der Waals surface area contributed by atoms with Gasteiger partial charge >= 0.3 is 5.97 Å². The van der Waals surface area contributed by atoms with Crippen LogP contribution in [0.3, 0.4) is 0 Å². The average molecular weight is 289 g/mol. The highest BCUT2D eigenvalue weighted by atomic mass is 16.4. The van der Waals surface area contributed by atoms with E-state index in [9.17, 15) is 9.59 Å². The van der Waals surface area contributed by atoms with Crippen molar-refractivity contribution < 1.29 is 14.7 Å². The molecule has 1 N–H and O–H groups in total. The standard InChI is InChI=1S/C17H23NO3/c1-13(12-17(20)21)11-16(19)18-9-7-15(8-10-18)14-5-3-2-4-6-14/h2-6,13,15H,7-12H2,1H3,(H,20,21). The number of carboxylic acid groups (broad SMARTS) is 1. The third kappa shape index (κ3) is 4.59. The van der Waals surface area contributed by atoms with Crippen molar-refractivity contribution in [1.29, 1.82) is 0 Å². The van der Waals surface area contributed by atoms with Crippen LogP contribution in [0.25, 0.3) is 0 Å². The lowest BCUT2D eigenvalue weighted by atomic mass is 9.89. The summed E-state index contributed by atoms with van der Waals surface area (Å²) in [5.41, 5.74) is 1.35. The van der Waals surface area contributed by atoms with Crippen LogP contribution < -0.4 is 0 Å². The molecule has 0 aromatic heterocycles. The normalized spacial score (nSPS) is 17.5. The second-order valence-electron chi connectivity index (χ2n) is 5.97. The van der Waals surface area contributed by atoms with E-state index >= 15 is 0 Å². The SMILES string of the molecule is CC(CC(=O)O)CC(=O)N1CCC(c2ccccc2)CC1. The number of carbonyl (C=O) groups excluding carboxylic acids is 1. The van der Waals surface area contributed by atoms with Crippen molar-refractivity contribution in [3.8, 4) is 0 Å². The number of benzene rings is 1. The fraction of sp³-hybridized carbons (Fsp3) is 0.529. The molecule has 1 fully saturated rings. The van der Waals surface area contributed by atoms with Gasteiger partial charge in [-0.25, -0.2) is 0 Å². The first-order valence-electron chi connectivity index (χ1n) is 7.60. The van der Waals surface area contributed by atoms with Gasteiger partial charge in [-0.1, -0.05) is 37.3 Å². The van der Waals surface area contributed by atoms with E-state index in [2.05, 4.69) is 24.3 Å². The molecular formula is C17H23NO3. The highest BCUT2D eigenvalue weighted by Crippen LogP contribution is 2.28. The van der Waals surface area contributed by atoms with E-state index in [1.54, 1.807) is 0 Å². The maximum Gasteiger partial charge on any atom is 0.303 e. The van der Waals surface area contributed by atoms with Gasteiger partial charge in [-0.3, -0.25) is 9.59 Å². The van der Waals surface area contributed by atoms with Crippen molar-refractivity contribution in [2.24, 2.45) is 5.92 Å². The van der Waals surface area contributed by atoms with Crippen LogP contribution in [-0.4, -0.2) is 35.0 Å². The number of nitrogens with zero attached hydrogens (tertiary/aromatic N) is 1. The summed E-state index contributed by atoms with van der Waals surface area (Å²) in [7, 11) is 0. The molecule has 1 heterocycles. The number of carbonyl (C=O) groups is 2. The zero-order valence-electron chi connectivity index (χ0n) is 12.5. The van der Waals surface area contributed by atoms with Crippen molar-refractivity contribution in [3.63, 3.8) is 0 Å². The van der Waals surface area contributed by atoms with Gasteiger partial charge in [0.05, 0.1) is 0 Å². The van der Waals surface area contributed by atoms with Crippen molar-refractivity contribution in [3.05, 3.63) is 35.9 Å². The Morgan fingerprint density at radius 1 is 1.19 bits per heavy atom. The lowest BCUT2D eigenvalue weighted by Gasteiger charge is -2.32. The minimum Gasteiger partial charge on any atom is -0.481 e. The molecular weight excluding hydrogens is 266 g/mol. The van der Waals surface area contributed by atoms with E-state index in [0.717, 1.165) is 25.9 Å². The van der Waals surface area contributed by atoms with Gasteiger partial charge in [-0.2, -0.15) is 0 Å². The number of piperidine rings is 1. The summed E-state index contributed by atoms with van der Waals surface area (Å²) in [6.45, 7) is 3.37. The van der Waals surface area contributed by atoms with E-state index in [1.807, 2.05) is 17.9 Å². The van der Waals surface area contributed by atoms with Crippen LogP contribution >= 0.6 is 0 Å². The third-order valence-corrected chi connectivity index (χ3v) is 4.16. The van der Waals surface area contributed by atoms with Crippen LogP contribution in [0.2, 0.25) is 0 Å². The fourth-order valence-corrected chi connectivity index (χ4v) is 2.98. The number of hydrogen-bond acceptors (Lipinski definition) is 2. The zero-order valence-corrected chi connectivity index (χ0v) is 12.5. The van der Waals surface area contributed by atoms with E-state index in [-0.39, 0.29) is 18.2 Å². The van der Waals surface area contributed by atoms with Gasteiger partial charge in [-0.05, 0) is 30.2 Å². The molecule has 4 heteroatoms. The summed E-state index contributed by atoms with van der Waals surface area (Å²) in [6.07, 6.45) is 2.38. The third-order valence-electron chi connectivity index (χ3n) is 4.16. The Labute approximate surface area is 125 Å². The first kappa shape index (κ1) is 15.5. The average Bonchev–Trinajstić information content (AvgIpc) is 2.47. The van der Waals surface area contributed by atoms with Crippen LogP contribution in [0.15, 0.2) is 30.3 Å². The maximum atomic E-state index is 12.2.